The molecule has 1 aromatic heterocycles. The predicted molar refractivity (Wildman–Crippen MR) is 67.5 cm³/mol. The van der Waals surface area contributed by atoms with Gasteiger partial charge in [-0.2, -0.15) is 0 Å². The molecule has 0 saturated heterocycles. The standard InChI is InChI=1S/C12H22N2S/c1-10-9-15-11(14-10)7-5-6-8-13-12(2,3)4/h9,13H,5-8H2,1-4H3. The van der Waals surface area contributed by atoms with E-state index in [1.165, 1.54) is 17.8 Å². The number of aromatic nitrogens is 1. The van der Waals surface area contributed by atoms with Crippen LogP contribution in [0.5, 0.6) is 0 Å². The Hall–Kier alpha value is -0.410. The second-order valence-electron chi connectivity index (χ2n) is 5.02. The Bertz CT molecular complexity index is 286. The van der Waals surface area contributed by atoms with Crippen molar-refractivity contribution in [3.8, 4) is 0 Å². The van der Waals surface area contributed by atoms with Crippen molar-refractivity contribution in [1.29, 1.82) is 0 Å². The van der Waals surface area contributed by atoms with Gasteiger partial charge in [-0.05, 0) is 53.5 Å². The molecule has 0 aliphatic carbocycles. The van der Waals surface area contributed by atoms with Gasteiger partial charge in [0, 0.05) is 16.6 Å². The van der Waals surface area contributed by atoms with E-state index in [1.807, 2.05) is 0 Å². The van der Waals surface area contributed by atoms with Crippen LogP contribution in [0.1, 0.15) is 44.3 Å². The van der Waals surface area contributed by atoms with Crippen LogP contribution in [0.2, 0.25) is 0 Å². The third kappa shape index (κ3) is 5.90. The van der Waals surface area contributed by atoms with Crippen LogP contribution >= 0.6 is 11.3 Å². The van der Waals surface area contributed by atoms with Crippen LogP contribution in [-0.2, 0) is 6.42 Å². The molecule has 1 aromatic rings. The molecule has 3 heteroatoms. The predicted octanol–water partition coefficient (Wildman–Crippen LogP) is 3.16. The molecule has 0 bridgehead atoms. The van der Waals surface area contributed by atoms with E-state index in [-0.39, 0.29) is 5.54 Å². The fraction of sp³-hybridized carbons (Fsp3) is 0.750. The Labute approximate surface area is 97.1 Å². The van der Waals surface area contributed by atoms with Crippen molar-refractivity contribution in [3.05, 3.63) is 16.1 Å². The van der Waals surface area contributed by atoms with Crippen LogP contribution in [0, 0.1) is 6.92 Å². The highest BCUT2D eigenvalue weighted by atomic mass is 32.1. The van der Waals surface area contributed by atoms with Crippen LogP contribution < -0.4 is 5.32 Å². The van der Waals surface area contributed by atoms with Crippen LogP contribution in [0.25, 0.3) is 0 Å². The second-order valence-corrected chi connectivity index (χ2v) is 5.96. The first-order chi connectivity index (χ1) is 6.97. The summed E-state index contributed by atoms with van der Waals surface area (Å²) >= 11 is 1.78. The number of aryl methyl sites for hydroxylation is 2. The molecule has 0 spiro atoms. The normalized spacial score (nSPS) is 12.0. The topological polar surface area (TPSA) is 24.9 Å². The molecule has 2 nitrogen and oxygen atoms in total. The molecule has 0 fully saturated rings. The Balaban J connectivity index is 2.07. The lowest BCUT2D eigenvalue weighted by molar-refractivity contribution is 0.419. The SMILES string of the molecule is Cc1csc(CCCCNC(C)(C)C)n1. The van der Waals surface area contributed by atoms with E-state index in [2.05, 4.69) is 43.4 Å². The molecule has 0 aliphatic rings. The Morgan fingerprint density at radius 1 is 1.33 bits per heavy atom. The molecule has 15 heavy (non-hydrogen) atoms. The summed E-state index contributed by atoms with van der Waals surface area (Å²) in [5, 5.41) is 6.90. The minimum Gasteiger partial charge on any atom is -0.312 e. The molecule has 0 unspecified atom stereocenters. The van der Waals surface area contributed by atoms with Crippen molar-refractivity contribution in [2.24, 2.45) is 0 Å². The lowest BCUT2D eigenvalue weighted by Gasteiger charge is -2.20. The zero-order chi connectivity index (χ0) is 11.3. The summed E-state index contributed by atoms with van der Waals surface area (Å²) in [6.45, 7) is 9.78. The summed E-state index contributed by atoms with van der Waals surface area (Å²) < 4.78 is 0. The molecule has 86 valence electrons. The van der Waals surface area contributed by atoms with Crippen molar-refractivity contribution in [1.82, 2.24) is 10.3 Å². The first-order valence-electron chi connectivity index (χ1n) is 5.63. The van der Waals surface area contributed by atoms with E-state index >= 15 is 0 Å². The van der Waals surface area contributed by atoms with Crippen LogP contribution in [0.15, 0.2) is 5.38 Å². The summed E-state index contributed by atoms with van der Waals surface area (Å²) in [5.74, 6) is 0. The van der Waals surface area contributed by atoms with Crippen LogP contribution in [-0.4, -0.2) is 17.1 Å². The van der Waals surface area contributed by atoms with Gasteiger partial charge in [-0.15, -0.1) is 11.3 Å². The van der Waals surface area contributed by atoms with Crippen molar-refractivity contribution in [2.45, 2.75) is 52.5 Å². The maximum absolute atomic E-state index is 4.46. The Morgan fingerprint density at radius 3 is 2.60 bits per heavy atom. The smallest absolute Gasteiger partial charge is 0.0928 e. The van der Waals surface area contributed by atoms with Crippen molar-refractivity contribution >= 4 is 11.3 Å². The van der Waals surface area contributed by atoms with Crippen molar-refractivity contribution in [2.75, 3.05) is 6.54 Å². The number of unbranched alkanes of at least 4 members (excludes halogenated alkanes) is 1. The summed E-state index contributed by atoms with van der Waals surface area (Å²) in [6, 6.07) is 0. The number of nitrogens with one attached hydrogen (secondary N) is 1. The van der Waals surface area contributed by atoms with E-state index in [0.717, 1.165) is 18.7 Å². The molecule has 0 aromatic carbocycles. The number of rotatable bonds is 5. The summed E-state index contributed by atoms with van der Waals surface area (Å²) in [5.41, 5.74) is 1.40. The van der Waals surface area contributed by atoms with Gasteiger partial charge in [0.15, 0.2) is 0 Å². The first kappa shape index (κ1) is 12.7. The molecule has 0 amide bonds. The lowest BCUT2D eigenvalue weighted by Crippen LogP contribution is -2.36. The van der Waals surface area contributed by atoms with Crippen LogP contribution in [0.4, 0.5) is 0 Å². The van der Waals surface area contributed by atoms with E-state index in [0.29, 0.717) is 0 Å². The van der Waals surface area contributed by atoms with Gasteiger partial charge in [0.05, 0.1) is 5.01 Å². The van der Waals surface area contributed by atoms with Gasteiger partial charge in [0.25, 0.3) is 0 Å². The van der Waals surface area contributed by atoms with E-state index in [4.69, 9.17) is 0 Å². The van der Waals surface area contributed by atoms with Gasteiger partial charge in [0.1, 0.15) is 0 Å². The quantitative estimate of drug-likeness (QED) is 0.780. The lowest BCUT2D eigenvalue weighted by atomic mass is 10.1. The van der Waals surface area contributed by atoms with Crippen LogP contribution in [0.3, 0.4) is 0 Å². The zero-order valence-electron chi connectivity index (χ0n) is 10.3. The highest BCUT2D eigenvalue weighted by Gasteiger charge is 2.07. The molecule has 1 heterocycles. The average Bonchev–Trinajstić information content (AvgIpc) is 2.49. The van der Waals surface area contributed by atoms with Gasteiger partial charge in [-0.3, -0.25) is 0 Å². The van der Waals surface area contributed by atoms with Gasteiger partial charge < -0.3 is 5.32 Å². The zero-order valence-corrected chi connectivity index (χ0v) is 11.1. The highest BCUT2D eigenvalue weighted by molar-refractivity contribution is 7.09. The fourth-order valence-corrected chi connectivity index (χ4v) is 2.20. The largest absolute Gasteiger partial charge is 0.312 e. The van der Waals surface area contributed by atoms with Gasteiger partial charge in [0.2, 0.25) is 0 Å². The maximum atomic E-state index is 4.46. The molecule has 0 atom stereocenters. The highest BCUT2D eigenvalue weighted by Crippen LogP contribution is 2.11. The molecule has 1 N–H and O–H groups in total. The third-order valence-electron chi connectivity index (χ3n) is 2.14. The Morgan fingerprint density at radius 2 is 2.07 bits per heavy atom. The average molecular weight is 226 g/mol. The van der Waals surface area contributed by atoms with E-state index < -0.39 is 0 Å². The number of nitrogens with zero attached hydrogens (tertiary/aromatic N) is 1. The molecular weight excluding hydrogens is 204 g/mol. The number of hydrogen-bond acceptors (Lipinski definition) is 3. The number of hydrogen-bond donors (Lipinski definition) is 1. The maximum Gasteiger partial charge on any atom is 0.0928 e. The second kappa shape index (κ2) is 5.61. The first-order valence-corrected chi connectivity index (χ1v) is 6.51. The summed E-state index contributed by atoms with van der Waals surface area (Å²) in [6.07, 6.45) is 3.59. The summed E-state index contributed by atoms with van der Waals surface area (Å²) in [4.78, 5) is 4.46. The molecule has 0 radical (unpaired) electrons. The summed E-state index contributed by atoms with van der Waals surface area (Å²) in [7, 11) is 0. The van der Waals surface area contributed by atoms with Gasteiger partial charge >= 0.3 is 0 Å². The molecule has 1 rings (SSSR count). The van der Waals surface area contributed by atoms with Crippen molar-refractivity contribution < 1.29 is 0 Å². The molecular formula is C12H22N2S. The third-order valence-corrected chi connectivity index (χ3v) is 3.17. The Kier molecular flexibility index (Phi) is 4.74. The van der Waals surface area contributed by atoms with Gasteiger partial charge in [-0.1, -0.05) is 0 Å². The van der Waals surface area contributed by atoms with E-state index in [9.17, 15) is 0 Å². The van der Waals surface area contributed by atoms with Crippen molar-refractivity contribution in [3.63, 3.8) is 0 Å². The van der Waals surface area contributed by atoms with Gasteiger partial charge in [-0.25, -0.2) is 4.98 Å². The van der Waals surface area contributed by atoms with E-state index in [1.54, 1.807) is 11.3 Å². The minimum absolute atomic E-state index is 0.248. The number of thiazole rings is 1. The molecule has 0 saturated carbocycles. The minimum atomic E-state index is 0.248. The molecule has 0 aliphatic heterocycles. The fourth-order valence-electron chi connectivity index (χ4n) is 1.38. The monoisotopic (exact) mass is 226 g/mol.